The summed E-state index contributed by atoms with van der Waals surface area (Å²) in [5.74, 6) is -1.40. The number of anilines is 1. The minimum atomic E-state index is -0.731. The quantitative estimate of drug-likeness (QED) is 0.443. The second-order valence-corrected chi connectivity index (χ2v) is 8.68. The zero-order chi connectivity index (χ0) is 20.7. The number of thiophene rings is 1. The largest absolute Gasteiger partial charge is 0.505 e. The maximum atomic E-state index is 12.7. The summed E-state index contributed by atoms with van der Waals surface area (Å²) in [4.78, 5) is 24.7. The molecule has 9 heteroatoms. The number of nitrogens with two attached hydrogens (primary N) is 1. The molecule has 1 aliphatic rings. The van der Waals surface area contributed by atoms with Crippen LogP contribution >= 0.6 is 34.5 Å². The molecule has 6 nitrogen and oxygen atoms in total. The van der Waals surface area contributed by atoms with Crippen LogP contribution in [0.4, 0.5) is 5.00 Å². The van der Waals surface area contributed by atoms with Gasteiger partial charge in [0.15, 0.2) is 5.75 Å². The van der Waals surface area contributed by atoms with E-state index in [1.807, 2.05) is 12.1 Å². The van der Waals surface area contributed by atoms with Crippen molar-refractivity contribution in [3.8, 4) is 5.75 Å². The summed E-state index contributed by atoms with van der Waals surface area (Å²) >= 11 is 13.2. The molecule has 1 fully saturated rings. The van der Waals surface area contributed by atoms with Gasteiger partial charge in [0.2, 0.25) is 0 Å². The summed E-state index contributed by atoms with van der Waals surface area (Å²) in [7, 11) is 0. The number of nitrogens with one attached hydrogen (secondary N) is 2. The Hall–Kier alpha value is -2.32. The van der Waals surface area contributed by atoms with Gasteiger partial charge in [-0.1, -0.05) is 35.3 Å². The van der Waals surface area contributed by atoms with Crippen molar-refractivity contribution in [1.29, 1.82) is 0 Å². The summed E-state index contributed by atoms with van der Waals surface area (Å²) in [6.45, 7) is 0.761. The molecule has 0 atom stereocenters. The van der Waals surface area contributed by atoms with E-state index < -0.39 is 5.91 Å². The maximum absolute atomic E-state index is 12.7. The molecular formula is C20H17Cl2N3O3S. The number of amides is 2. The average Bonchev–Trinajstić information content (AvgIpc) is 3.45. The minimum Gasteiger partial charge on any atom is -0.505 e. The molecule has 1 saturated carbocycles. The first-order chi connectivity index (χ1) is 13.8. The van der Waals surface area contributed by atoms with E-state index in [1.165, 1.54) is 18.9 Å². The topological polar surface area (TPSA) is 104 Å². The Bertz CT molecular complexity index is 1120. The molecule has 3 aromatic rings. The van der Waals surface area contributed by atoms with E-state index in [9.17, 15) is 14.7 Å². The van der Waals surface area contributed by atoms with Crippen LogP contribution < -0.4 is 16.4 Å². The number of carbonyl (C=O) groups excluding carboxylic acids is 2. The van der Waals surface area contributed by atoms with E-state index >= 15 is 0 Å². The number of phenols is 1. The lowest BCUT2D eigenvalue weighted by molar-refractivity contribution is 0.100. The number of hydrogen-bond acceptors (Lipinski definition) is 5. The van der Waals surface area contributed by atoms with E-state index in [-0.39, 0.29) is 32.3 Å². The number of fused-ring (bicyclic) bond motifs is 1. The van der Waals surface area contributed by atoms with Crippen LogP contribution in [0.1, 0.15) is 39.1 Å². The highest BCUT2D eigenvalue weighted by molar-refractivity contribution is 7.24. The number of benzene rings is 2. The van der Waals surface area contributed by atoms with Gasteiger partial charge in [-0.2, -0.15) is 0 Å². The first kappa shape index (κ1) is 20.0. The van der Waals surface area contributed by atoms with Gasteiger partial charge in [-0.15, -0.1) is 11.3 Å². The van der Waals surface area contributed by atoms with E-state index in [2.05, 4.69) is 10.6 Å². The molecule has 5 N–H and O–H groups in total. The van der Waals surface area contributed by atoms with Gasteiger partial charge in [-0.3, -0.25) is 9.59 Å². The van der Waals surface area contributed by atoms with Crippen LogP contribution in [0.3, 0.4) is 0 Å². The molecule has 2 amide bonds. The van der Waals surface area contributed by atoms with Gasteiger partial charge in [-0.25, -0.2) is 0 Å². The molecular weight excluding hydrogens is 433 g/mol. The van der Waals surface area contributed by atoms with E-state index in [4.69, 9.17) is 28.9 Å². The van der Waals surface area contributed by atoms with Crippen LogP contribution in [0.25, 0.3) is 10.1 Å². The lowest BCUT2D eigenvalue weighted by Crippen LogP contribution is -2.17. The van der Waals surface area contributed by atoms with Gasteiger partial charge >= 0.3 is 0 Å². The fourth-order valence-corrected chi connectivity index (χ4v) is 4.67. The SMILES string of the molecule is NC(=O)c1c(NC(=O)c2ccc(CNC3CC3)cc2)sc2c(Cl)c(O)c(Cl)cc12. The van der Waals surface area contributed by atoms with E-state index in [0.29, 0.717) is 21.7 Å². The second kappa shape index (κ2) is 7.84. The van der Waals surface area contributed by atoms with Crippen molar-refractivity contribution in [3.63, 3.8) is 0 Å². The molecule has 4 rings (SSSR count). The second-order valence-electron chi connectivity index (χ2n) is 6.87. The molecule has 0 spiro atoms. The van der Waals surface area contributed by atoms with Crippen molar-refractivity contribution < 1.29 is 14.7 Å². The lowest BCUT2D eigenvalue weighted by Gasteiger charge is -2.07. The Kier molecular flexibility index (Phi) is 5.40. The van der Waals surface area contributed by atoms with Crippen LogP contribution in [0.5, 0.6) is 5.75 Å². The van der Waals surface area contributed by atoms with Crippen molar-refractivity contribution >= 4 is 61.4 Å². The van der Waals surface area contributed by atoms with Gasteiger partial charge in [-0.05, 0) is 36.6 Å². The summed E-state index contributed by atoms with van der Waals surface area (Å²) in [5.41, 5.74) is 7.16. The number of rotatable bonds is 6. The predicted octanol–water partition coefficient (Wildman–Crippen LogP) is 4.52. The third-order valence-corrected chi connectivity index (χ3v) is 6.62. The molecule has 0 unspecified atom stereocenters. The molecule has 1 aromatic heterocycles. The normalized spacial score (nSPS) is 13.6. The van der Waals surface area contributed by atoms with Gasteiger partial charge in [0.05, 0.1) is 15.3 Å². The van der Waals surface area contributed by atoms with Crippen LogP contribution in [-0.2, 0) is 6.54 Å². The third-order valence-electron chi connectivity index (χ3n) is 4.71. The van der Waals surface area contributed by atoms with Crippen LogP contribution in [-0.4, -0.2) is 23.0 Å². The zero-order valence-corrected chi connectivity index (χ0v) is 17.4. The Balaban J connectivity index is 1.61. The van der Waals surface area contributed by atoms with Crippen molar-refractivity contribution in [3.05, 3.63) is 57.1 Å². The van der Waals surface area contributed by atoms with Crippen LogP contribution in [0.2, 0.25) is 10.0 Å². The van der Waals surface area contributed by atoms with E-state index in [1.54, 1.807) is 12.1 Å². The Morgan fingerprint density at radius 3 is 2.52 bits per heavy atom. The van der Waals surface area contributed by atoms with Crippen molar-refractivity contribution in [2.45, 2.75) is 25.4 Å². The highest BCUT2D eigenvalue weighted by atomic mass is 35.5. The highest BCUT2D eigenvalue weighted by Crippen LogP contribution is 2.46. The Labute approximate surface area is 180 Å². The zero-order valence-electron chi connectivity index (χ0n) is 15.1. The molecule has 150 valence electrons. The summed E-state index contributed by atoms with van der Waals surface area (Å²) in [5, 5.41) is 16.7. The fourth-order valence-electron chi connectivity index (χ4n) is 2.98. The number of phenolic OH excluding ortho intramolecular Hbond substituents is 1. The van der Waals surface area contributed by atoms with Crippen molar-refractivity contribution in [2.24, 2.45) is 5.73 Å². The third kappa shape index (κ3) is 4.04. The number of carbonyl (C=O) groups is 2. The first-order valence-corrected chi connectivity index (χ1v) is 10.5. The average molecular weight is 450 g/mol. The van der Waals surface area contributed by atoms with Gasteiger partial charge in [0, 0.05) is 23.5 Å². The Morgan fingerprint density at radius 2 is 1.90 bits per heavy atom. The summed E-state index contributed by atoms with van der Waals surface area (Å²) in [6.07, 6.45) is 2.43. The minimum absolute atomic E-state index is 0.00364. The first-order valence-electron chi connectivity index (χ1n) is 8.92. The predicted molar refractivity (Wildman–Crippen MR) is 116 cm³/mol. The number of primary amides is 1. The number of aromatic hydroxyl groups is 1. The molecule has 0 radical (unpaired) electrons. The fraction of sp³-hybridized carbons (Fsp3) is 0.200. The molecule has 29 heavy (non-hydrogen) atoms. The maximum Gasteiger partial charge on any atom is 0.256 e. The molecule has 1 aliphatic carbocycles. The lowest BCUT2D eigenvalue weighted by atomic mass is 10.1. The summed E-state index contributed by atoms with van der Waals surface area (Å²) < 4.78 is 0.416. The smallest absolute Gasteiger partial charge is 0.256 e. The van der Waals surface area contributed by atoms with E-state index in [0.717, 1.165) is 23.4 Å². The summed E-state index contributed by atoms with van der Waals surface area (Å²) in [6, 6.07) is 9.25. The van der Waals surface area contributed by atoms with Gasteiger partial charge in [0.1, 0.15) is 10.0 Å². The molecule has 2 aromatic carbocycles. The van der Waals surface area contributed by atoms with Crippen LogP contribution in [0.15, 0.2) is 30.3 Å². The van der Waals surface area contributed by atoms with Crippen molar-refractivity contribution in [1.82, 2.24) is 5.32 Å². The van der Waals surface area contributed by atoms with Gasteiger partial charge in [0.25, 0.3) is 11.8 Å². The number of hydrogen-bond donors (Lipinski definition) is 4. The Morgan fingerprint density at radius 1 is 1.21 bits per heavy atom. The highest BCUT2D eigenvalue weighted by Gasteiger charge is 2.23. The molecule has 0 bridgehead atoms. The number of halogens is 2. The van der Waals surface area contributed by atoms with Gasteiger partial charge < -0.3 is 21.5 Å². The standard InChI is InChI=1S/C20H17Cl2N3O3S/c21-13-7-12-14(18(23)27)20(29-17(12)15(22)16(13)26)25-19(28)10-3-1-9(2-4-10)8-24-11-5-6-11/h1-4,7,11,24,26H,5-6,8H2,(H2,23,27)(H,25,28). The molecule has 0 aliphatic heterocycles. The van der Waals surface area contributed by atoms with Crippen molar-refractivity contribution in [2.75, 3.05) is 5.32 Å². The molecule has 0 saturated heterocycles. The molecule has 1 heterocycles. The monoisotopic (exact) mass is 449 g/mol. The van der Waals surface area contributed by atoms with Crippen LogP contribution in [0, 0.1) is 0 Å².